The maximum absolute atomic E-state index is 12.2. The first-order valence-electron chi connectivity index (χ1n) is 8.45. The fourth-order valence-electron chi connectivity index (χ4n) is 2.42. The first-order valence-corrected chi connectivity index (χ1v) is 9.65. The van der Waals surface area contributed by atoms with E-state index in [0.717, 1.165) is 12.1 Å². The molecule has 3 rings (SSSR count). The number of carbonyl (C=O) groups excluding carboxylic acids is 2. The van der Waals surface area contributed by atoms with E-state index in [-0.39, 0.29) is 16.7 Å². The molecule has 1 aliphatic rings. The van der Waals surface area contributed by atoms with Gasteiger partial charge in [0.25, 0.3) is 5.91 Å². The summed E-state index contributed by atoms with van der Waals surface area (Å²) in [7, 11) is 0. The monoisotopic (exact) mass is 415 g/mol. The lowest BCUT2D eigenvalue weighted by molar-refractivity contribution is -0.307. The van der Waals surface area contributed by atoms with E-state index >= 15 is 0 Å². The number of nitrogens with zero attached hydrogens (tertiary/aromatic N) is 1. The highest BCUT2D eigenvalue weighted by Gasteiger charge is 2.23. The first kappa shape index (κ1) is 20.0. The number of benzene rings is 2. The van der Waals surface area contributed by atoms with E-state index in [9.17, 15) is 14.7 Å². The lowest BCUT2D eigenvalue weighted by atomic mass is 10.2. The smallest absolute Gasteiger partial charge is 0.264 e. The minimum Gasteiger partial charge on any atom is -0.546 e. The van der Waals surface area contributed by atoms with Crippen molar-refractivity contribution < 1.29 is 19.4 Å². The van der Waals surface area contributed by atoms with Crippen molar-refractivity contribution in [3.8, 4) is 5.75 Å². The van der Waals surface area contributed by atoms with Gasteiger partial charge in [0.1, 0.15) is 12.4 Å². The van der Waals surface area contributed by atoms with Gasteiger partial charge < -0.3 is 20.0 Å². The predicted molar refractivity (Wildman–Crippen MR) is 109 cm³/mol. The molecule has 6 nitrogen and oxygen atoms in total. The minimum atomic E-state index is -1.34. The summed E-state index contributed by atoms with van der Waals surface area (Å²) in [5.74, 6) is -1.35. The van der Waals surface area contributed by atoms with Crippen LogP contribution in [0.1, 0.15) is 18.1 Å². The second kappa shape index (κ2) is 8.95. The fourth-order valence-corrected chi connectivity index (χ4v) is 3.50. The molecule has 0 atom stereocenters. The zero-order valence-corrected chi connectivity index (χ0v) is 16.5. The van der Waals surface area contributed by atoms with Crippen LogP contribution in [0, 0.1) is 0 Å². The maximum atomic E-state index is 12.2. The number of amides is 1. The number of aliphatic imine (C=N–C) groups is 1. The quantitative estimate of drug-likeness (QED) is 0.732. The second-order valence-corrected chi connectivity index (χ2v) is 7.29. The molecule has 1 heterocycles. The summed E-state index contributed by atoms with van der Waals surface area (Å²) in [6.45, 7) is 1.50. The molecule has 0 saturated carbocycles. The number of nitrogens with one attached hydrogen (secondary N) is 1. The third kappa shape index (κ3) is 5.15. The Labute approximate surface area is 171 Å². The van der Waals surface area contributed by atoms with E-state index in [0.29, 0.717) is 15.6 Å². The molecular formula is C20H16ClN2O4S-. The summed E-state index contributed by atoms with van der Waals surface area (Å²) in [5, 5.41) is 13.9. The number of carbonyl (C=O) groups is 2. The summed E-state index contributed by atoms with van der Waals surface area (Å²) in [5.41, 5.74) is 2.66. The van der Waals surface area contributed by atoms with Crippen molar-refractivity contribution in [2.75, 3.05) is 6.61 Å². The summed E-state index contributed by atoms with van der Waals surface area (Å²) >= 11 is 7.33. The lowest BCUT2D eigenvalue weighted by Crippen LogP contribution is -2.28. The molecule has 0 unspecified atom stereocenters. The molecule has 0 bridgehead atoms. The van der Waals surface area contributed by atoms with Gasteiger partial charge in [-0.2, -0.15) is 0 Å². The largest absolute Gasteiger partial charge is 0.546 e. The van der Waals surface area contributed by atoms with Crippen LogP contribution >= 0.6 is 23.4 Å². The minimum absolute atomic E-state index is 0.231. The SMILES string of the molecule is CCc1ccc(N=C2NC(=O)/C(=C\c3ccc(OCC(=O)[O-])c(Cl)c3)S2)cc1. The number of ether oxygens (including phenoxy) is 1. The van der Waals surface area contributed by atoms with Crippen LogP contribution in [-0.2, 0) is 16.0 Å². The lowest BCUT2D eigenvalue weighted by Gasteiger charge is -2.08. The number of carboxylic acids is 1. The van der Waals surface area contributed by atoms with Crippen molar-refractivity contribution in [1.82, 2.24) is 5.32 Å². The molecule has 0 spiro atoms. The van der Waals surface area contributed by atoms with Gasteiger partial charge in [0.2, 0.25) is 0 Å². The van der Waals surface area contributed by atoms with Gasteiger partial charge in [-0.3, -0.25) is 4.79 Å². The van der Waals surface area contributed by atoms with E-state index in [1.54, 1.807) is 24.3 Å². The van der Waals surface area contributed by atoms with Crippen molar-refractivity contribution in [2.24, 2.45) is 4.99 Å². The molecule has 2 aromatic rings. The molecule has 1 amide bonds. The van der Waals surface area contributed by atoms with Gasteiger partial charge in [-0.05, 0) is 59.7 Å². The van der Waals surface area contributed by atoms with Crippen LogP contribution in [0.5, 0.6) is 5.75 Å². The molecule has 1 aliphatic heterocycles. The Morgan fingerprint density at radius 3 is 2.68 bits per heavy atom. The topological polar surface area (TPSA) is 90.8 Å². The Hall–Kier alpha value is -2.77. The van der Waals surface area contributed by atoms with Crippen LogP contribution in [0.15, 0.2) is 52.4 Å². The van der Waals surface area contributed by atoms with E-state index in [2.05, 4.69) is 17.2 Å². The Balaban J connectivity index is 1.73. The number of halogens is 1. The van der Waals surface area contributed by atoms with Crippen LogP contribution in [-0.4, -0.2) is 23.7 Å². The van der Waals surface area contributed by atoms with Gasteiger partial charge in [0.05, 0.1) is 21.6 Å². The highest BCUT2D eigenvalue weighted by molar-refractivity contribution is 8.18. The third-order valence-corrected chi connectivity index (χ3v) is 5.03. The van der Waals surface area contributed by atoms with E-state index in [1.807, 2.05) is 24.3 Å². The second-order valence-electron chi connectivity index (χ2n) is 5.85. The van der Waals surface area contributed by atoms with Crippen LogP contribution in [0.2, 0.25) is 5.02 Å². The normalized spacial score (nSPS) is 16.4. The molecule has 1 saturated heterocycles. The van der Waals surface area contributed by atoms with Gasteiger partial charge in [-0.15, -0.1) is 0 Å². The summed E-state index contributed by atoms with van der Waals surface area (Å²) in [4.78, 5) is 27.6. The van der Waals surface area contributed by atoms with Gasteiger partial charge in [0, 0.05) is 0 Å². The molecule has 8 heteroatoms. The maximum Gasteiger partial charge on any atom is 0.264 e. The number of amidine groups is 1. The molecule has 0 radical (unpaired) electrons. The number of aliphatic carboxylic acids is 1. The Kier molecular flexibility index (Phi) is 6.38. The fraction of sp³-hybridized carbons (Fsp3) is 0.150. The standard InChI is InChI=1S/C20H17ClN2O4S/c1-2-12-3-6-14(7-4-12)22-20-23-19(26)17(28-20)10-13-5-8-16(15(21)9-13)27-11-18(24)25/h3-10H,2,11H2,1H3,(H,24,25)(H,22,23,26)/p-1/b17-10+. The van der Waals surface area contributed by atoms with Crippen molar-refractivity contribution in [1.29, 1.82) is 0 Å². The number of hydrogen-bond acceptors (Lipinski definition) is 6. The van der Waals surface area contributed by atoms with Crippen LogP contribution in [0.3, 0.4) is 0 Å². The molecular weight excluding hydrogens is 400 g/mol. The van der Waals surface area contributed by atoms with E-state index in [4.69, 9.17) is 16.3 Å². The number of rotatable bonds is 6. The Bertz CT molecular complexity index is 971. The van der Waals surface area contributed by atoms with Crippen LogP contribution in [0.25, 0.3) is 6.08 Å². The van der Waals surface area contributed by atoms with E-state index < -0.39 is 12.6 Å². The molecule has 1 fully saturated rings. The molecule has 28 heavy (non-hydrogen) atoms. The summed E-state index contributed by atoms with van der Waals surface area (Å²) < 4.78 is 5.03. The molecule has 2 aromatic carbocycles. The van der Waals surface area contributed by atoms with E-state index in [1.165, 1.54) is 17.3 Å². The van der Waals surface area contributed by atoms with Gasteiger partial charge in [-0.1, -0.05) is 36.7 Å². The molecule has 0 aromatic heterocycles. The highest BCUT2D eigenvalue weighted by atomic mass is 35.5. The van der Waals surface area contributed by atoms with Gasteiger partial charge >= 0.3 is 0 Å². The zero-order chi connectivity index (χ0) is 20.1. The molecule has 144 valence electrons. The van der Waals surface area contributed by atoms with Crippen molar-refractivity contribution in [3.63, 3.8) is 0 Å². The zero-order valence-electron chi connectivity index (χ0n) is 14.9. The number of hydrogen-bond donors (Lipinski definition) is 1. The summed E-state index contributed by atoms with van der Waals surface area (Å²) in [6, 6.07) is 12.6. The Morgan fingerprint density at radius 2 is 2.04 bits per heavy atom. The van der Waals surface area contributed by atoms with Crippen molar-refractivity contribution >= 4 is 52.2 Å². The number of aryl methyl sites for hydroxylation is 1. The van der Waals surface area contributed by atoms with Crippen molar-refractivity contribution in [3.05, 3.63) is 63.5 Å². The number of thioether (sulfide) groups is 1. The number of carboxylic acid groups (broad SMARTS) is 1. The van der Waals surface area contributed by atoms with Crippen molar-refractivity contribution in [2.45, 2.75) is 13.3 Å². The average Bonchev–Trinajstić information content (AvgIpc) is 3.00. The molecule has 0 aliphatic carbocycles. The first-order chi connectivity index (χ1) is 13.4. The van der Waals surface area contributed by atoms with Gasteiger partial charge in [0.15, 0.2) is 5.17 Å². The van der Waals surface area contributed by atoms with Gasteiger partial charge in [-0.25, -0.2) is 4.99 Å². The molecule has 1 N–H and O–H groups in total. The van der Waals surface area contributed by atoms with Crippen LogP contribution < -0.4 is 15.2 Å². The van der Waals surface area contributed by atoms with Crippen LogP contribution in [0.4, 0.5) is 5.69 Å². The highest BCUT2D eigenvalue weighted by Crippen LogP contribution is 2.31. The summed E-state index contributed by atoms with van der Waals surface area (Å²) in [6.07, 6.45) is 2.63. The average molecular weight is 416 g/mol. The third-order valence-electron chi connectivity index (χ3n) is 3.83. The Morgan fingerprint density at radius 1 is 1.29 bits per heavy atom. The predicted octanol–water partition coefficient (Wildman–Crippen LogP) is 2.92.